The van der Waals surface area contributed by atoms with E-state index in [0.717, 1.165) is 6.42 Å². The van der Waals surface area contributed by atoms with Gasteiger partial charge >= 0.3 is 0 Å². The number of carbonyl (C=O) groups excluding carboxylic acids is 1. The largest absolute Gasteiger partial charge is 0.356 e. The minimum Gasteiger partial charge on any atom is -0.356 e. The molecule has 0 aromatic heterocycles. The quantitative estimate of drug-likeness (QED) is 0.677. The Bertz CT molecular complexity index is 249. The van der Waals surface area contributed by atoms with Crippen molar-refractivity contribution in [1.82, 2.24) is 5.32 Å². The first-order chi connectivity index (χ1) is 7.23. The van der Waals surface area contributed by atoms with E-state index in [1.54, 1.807) is 6.26 Å². The van der Waals surface area contributed by atoms with Gasteiger partial charge in [0, 0.05) is 41.8 Å². The molecular weight excluding hydrogens is 224 g/mol. The maximum absolute atomic E-state index is 11.5. The lowest BCUT2D eigenvalue weighted by Crippen LogP contribution is -2.40. The predicted octanol–water partition coefficient (Wildman–Crippen LogP) is 0.635. The lowest BCUT2D eigenvalue weighted by atomic mass is 9.85. The highest BCUT2D eigenvalue weighted by molar-refractivity contribution is 7.84. The molecule has 2 atom stereocenters. The molecule has 16 heavy (non-hydrogen) atoms. The minimum absolute atomic E-state index is 0.0238. The summed E-state index contributed by atoms with van der Waals surface area (Å²) < 4.78 is 10.8. The third-order valence-corrected chi connectivity index (χ3v) is 3.31. The Kier molecular flexibility index (Phi) is 6.83. The van der Waals surface area contributed by atoms with E-state index in [9.17, 15) is 9.00 Å². The van der Waals surface area contributed by atoms with Crippen LogP contribution in [0.25, 0.3) is 0 Å². The summed E-state index contributed by atoms with van der Waals surface area (Å²) in [4.78, 5) is 11.5. The first kappa shape index (κ1) is 15.6. The van der Waals surface area contributed by atoms with Crippen molar-refractivity contribution in [2.45, 2.75) is 39.7 Å². The van der Waals surface area contributed by atoms with Crippen molar-refractivity contribution in [3.63, 3.8) is 0 Å². The fourth-order valence-electron chi connectivity index (χ4n) is 1.08. The second-order valence-corrected chi connectivity index (χ2v) is 6.71. The third-order valence-electron chi connectivity index (χ3n) is 2.45. The van der Waals surface area contributed by atoms with Crippen molar-refractivity contribution in [3.05, 3.63) is 0 Å². The van der Waals surface area contributed by atoms with Crippen LogP contribution >= 0.6 is 0 Å². The summed E-state index contributed by atoms with van der Waals surface area (Å²) in [5, 5.41) is 2.79. The van der Waals surface area contributed by atoms with Gasteiger partial charge in [-0.3, -0.25) is 9.00 Å². The Morgan fingerprint density at radius 2 is 2.00 bits per heavy atom. The molecule has 0 aliphatic heterocycles. The predicted molar refractivity (Wildman–Crippen MR) is 68.6 cm³/mol. The van der Waals surface area contributed by atoms with Crippen molar-refractivity contribution >= 4 is 16.7 Å². The number of hydrogen-bond acceptors (Lipinski definition) is 3. The zero-order valence-electron chi connectivity index (χ0n) is 10.7. The van der Waals surface area contributed by atoms with Crippen LogP contribution in [0.4, 0.5) is 0 Å². The van der Waals surface area contributed by atoms with E-state index in [1.165, 1.54) is 0 Å². The van der Waals surface area contributed by atoms with Gasteiger partial charge in [0.1, 0.15) is 0 Å². The molecule has 0 fully saturated rings. The van der Waals surface area contributed by atoms with Gasteiger partial charge in [0.05, 0.1) is 0 Å². The van der Waals surface area contributed by atoms with E-state index < -0.39 is 10.8 Å². The molecule has 0 aliphatic carbocycles. The Morgan fingerprint density at radius 3 is 2.44 bits per heavy atom. The number of rotatable bonds is 6. The molecule has 4 nitrogen and oxygen atoms in total. The van der Waals surface area contributed by atoms with Gasteiger partial charge < -0.3 is 11.1 Å². The summed E-state index contributed by atoms with van der Waals surface area (Å²) in [6.45, 7) is 6.64. The lowest BCUT2D eigenvalue weighted by Gasteiger charge is -2.26. The van der Waals surface area contributed by atoms with Gasteiger partial charge in [-0.2, -0.15) is 0 Å². The number of hydrogen-bond donors (Lipinski definition) is 2. The molecule has 0 saturated heterocycles. The fourth-order valence-corrected chi connectivity index (χ4v) is 1.63. The molecule has 0 bridgehead atoms. The van der Waals surface area contributed by atoms with Crippen molar-refractivity contribution < 1.29 is 9.00 Å². The molecule has 0 aliphatic rings. The first-order valence-electron chi connectivity index (χ1n) is 5.56. The number of amides is 1. The highest BCUT2D eigenvalue weighted by Gasteiger charge is 2.22. The van der Waals surface area contributed by atoms with Gasteiger partial charge in [0.2, 0.25) is 5.91 Å². The monoisotopic (exact) mass is 248 g/mol. The Morgan fingerprint density at radius 1 is 1.44 bits per heavy atom. The first-order valence-corrected chi connectivity index (χ1v) is 7.28. The van der Waals surface area contributed by atoms with Crippen LogP contribution < -0.4 is 11.1 Å². The Labute approximate surface area is 101 Å². The molecular formula is C11H24N2O2S. The van der Waals surface area contributed by atoms with Gasteiger partial charge in [0.15, 0.2) is 0 Å². The van der Waals surface area contributed by atoms with Gasteiger partial charge in [-0.25, -0.2) is 0 Å². The smallest absolute Gasteiger partial charge is 0.221 e. The van der Waals surface area contributed by atoms with Crippen LogP contribution in [0, 0.1) is 5.41 Å². The van der Waals surface area contributed by atoms with Gasteiger partial charge in [-0.15, -0.1) is 0 Å². The lowest BCUT2D eigenvalue weighted by molar-refractivity contribution is -0.121. The van der Waals surface area contributed by atoms with E-state index >= 15 is 0 Å². The van der Waals surface area contributed by atoms with Crippen LogP contribution in [0.15, 0.2) is 0 Å². The van der Waals surface area contributed by atoms with Gasteiger partial charge in [0.25, 0.3) is 0 Å². The summed E-state index contributed by atoms with van der Waals surface area (Å²) in [5.41, 5.74) is 5.84. The average molecular weight is 248 g/mol. The second-order valence-electron chi connectivity index (χ2n) is 5.16. The van der Waals surface area contributed by atoms with Crippen molar-refractivity contribution in [2.24, 2.45) is 11.1 Å². The molecule has 0 heterocycles. The summed E-state index contributed by atoms with van der Waals surface area (Å²) in [7, 11) is -0.781. The van der Waals surface area contributed by atoms with Crippen LogP contribution in [0.5, 0.6) is 0 Å². The molecule has 5 heteroatoms. The van der Waals surface area contributed by atoms with Crippen LogP contribution in [-0.2, 0) is 15.6 Å². The molecule has 1 amide bonds. The van der Waals surface area contributed by atoms with Gasteiger partial charge in [-0.1, -0.05) is 20.8 Å². The van der Waals surface area contributed by atoms with E-state index in [0.29, 0.717) is 18.7 Å². The number of nitrogens with one attached hydrogen (secondary N) is 1. The topological polar surface area (TPSA) is 72.2 Å². The third kappa shape index (κ3) is 7.82. The van der Waals surface area contributed by atoms with E-state index in [4.69, 9.17) is 5.73 Å². The maximum atomic E-state index is 11.5. The highest BCUT2D eigenvalue weighted by Crippen LogP contribution is 2.19. The zero-order chi connectivity index (χ0) is 12.8. The molecule has 2 unspecified atom stereocenters. The molecule has 0 aromatic carbocycles. The number of carbonyl (C=O) groups is 1. The molecule has 0 rings (SSSR count). The molecule has 0 aromatic rings. The van der Waals surface area contributed by atoms with Crippen LogP contribution in [-0.4, -0.2) is 34.7 Å². The molecule has 0 spiro atoms. The number of nitrogens with two attached hydrogens (primary N) is 1. The normalized spacial score (nSPS) is 15.6. The van der Waals surface area contributed by atoms with E-state index in [-0.39, 0.29) is 17.4 Å². The Hall–Kier alpha value is -0.420. The summed E-state index contributed by atoms with van der Waals surface area (Å²) in [6, 6.07) is -0.132. The molecule has 0 radical (unpaired) electrons. The molecule has 3 N–H and O–H groups in total. The van der Waals surface area contributed by atoms with Crippen LogP contribution in [0.3, 0.4) is 0 Å². The highest BCUT2D eigenvalue weighted by atomic mass is 32.2. The zero-order valence-corrected chi connectivity index (χ0v) is 11.5. The van der Waals surface area contributed by atoms with E-state index in [1.807, 2.05) is 20.8 Å². The SMILES string of the molecule is CS(=O)CCCNC(=O)CC(N)C(C)(C)C. The van der Waals surface area contributed by atoms with Crippen molar-refractivity contribution in [2.75, 3.05) is 18.6 Å². The maximum Gasteiger partial charge on any atom is 0.221 e. The Balaban J connectivity index is 3.71. The summed E-state index contributed by atoms with van der Waals surface area (Å²) in [5.74, 6) is 0.607. The minimum atomic E-state index is -0.781. The second kappa shape index (κ2) is 7.01. The molecule has 96 valence electrons. The van der Waals surface area contributed by atoms with E-state index in [2.05, 4.69) is 5.32 Å². The van der Waals surface area contributed by atoms with Crippen molar-refractivity contribution in [3.8, 4) is 0 Å². The summed E-state index contributed by atoms with van der Waals surface area (Å²) >= 11 is 0. The van der Waals surface area contributed by atoms with Crippen LogP contribution in [0.1, 0.15) is 33.6 Å². The van der Waals surface area contributed by atoms with Crippen molar-refractivity contribution in [1.29, 1.82) is 0 Å². The fraction of sp³-hybridized carbons (Fsp3) is 0.909. The van der Waals surface area contributed by atoms with Gasteiger partial charge in [-0.05, 0) is 11.8 Å². The average Bonchev–Trinajstić information content (AvgIpc) is 2.10. The standard InChI is InChI=1S/C11H24N2O2S/c1-11(2,3)9(12)8-10(14)13-6-5-7-16(4)15/h9H,5-8,12H2,1-4H3,(H,13,14). The summed E-state index contributed by atoms with van der Waals surface area (Å²) in [6.07, 6.45) is 2.76. The van der Waals surface area contributed by atoms with Crippen LogP contribution in [0.2, 0.25) is 0 Å². The molecule has 0 saturated carbocycles.